The molecule has 0 bridgehead atoms. The topological polar surface area (TPSA) is 38.1 Å². The molecule has 1 aliphatic rings. The molecule has 106 valence electrons. The summed E-state index contributed by atoms with van der Waals surface area (Å²) in [7, 11) is 0. The predicted octanol–water partition coefficient (Wildman–Crippen LogP) is 3.61. The quantitative estimate of drug-likeness (QED) is 0.931. The maximum absolute atomic E-state index is 12.9. The lowest BCUT2D eigenvalue weighted by Gasteiger charge is -2.10. The van der Waals surface area contributed by atoms with E-state index in [0.29, 0.717) is 18.3 Å². The van der Waals surface area contributed by atoms with Crippen LogP contribution in [0.4, 0.5) is 13.2 Å². The van der Waals surface area contributed by atoms with Gasteiger partial charge in [0.25, 0.3) is 0 Å². The summed E-state index contributed by atoms with van der Waals surface area (Å²) in [6.45, 7) is 0.534. The Hall–Kier alpha value is -1.82. The van der Waals surface area contributed by atoms with Crippen molar-refractivity contribution in [1.82, 2.24) is 10.3 Å². The Morgan fingerprint density at radius 3 is 2.75 bits per heavy atom. The third-order valence-corrected chi connectivity index (χ3v) is 3.20. The summed E-state index contributed by atoms with van der Waals surface area (Å²) in [6, 6.07) is 4.72. The largest absolute Gasteiger partial charge is 0.460 e. The van der Waals surface area contributed by atoms with E-state index in [1.165, 1.54) is 6.20 Å². The van der Waals surface area contributed by atoms with Gasteiger partial charge in [0.1, 0.15) is 11.5 Å². The maximum Gasteiger partial charge on any atom is 0.417 e. The fraction of sp³-hybridized carbons (Fsp3) is 0.357. The number of halogens is 3. The van der Waals surface area contributed by atoms with Crippen LogP contribution >= 0.6 is 0 Å². The molecule has 0 spiro atoms. The van der Waals surface area contributed by atoms with Crippen LogP contribution in [0.1, 0.15) is 24.2 Å². The van der Waals surface area contributed by atoms with E-state index in [1.54, 1.807) is 12.1 Å². The van der Waals surface area contributed by atoms with E-state index in [1.807, 2.05) is 0 Å². The van der Waals surface area contributed by atoms with Gasteiger partial charge in [0.2, 0.25) is 0 Å². The van der Waals surface area contributed by atoms with Crippen molar-refractivity contribution in [3.63, 3.8) is 0 Å². The number of nitrogens with one attached hydrogen (secondary N) is 1. The summed E-state index contributed by atoms with van der Waals surface area (Å²) in [5.74, 6) is 0.821. The van der Waals surface area contributed by atoms with Gasteiger partial charge in [-0.15, -0.1) is 0 Å². The fourth-order valence-electron chi connectivity index (χ4n) is 1.99. The van der Waals surface area contributed by atoms with Gasteiger partial charge < -0.3 is 9.73 Å². The summed E-state index contributed by atoms with van der Waals surface area (Å²) in [4.78, 5) is 3.75. The molecular formula is C14H13F3N2O. The standard InChI is InChI=1S/C14H13F3N2O/c15-14(16,17)12-5-6-18-8-11(12)13-4-3-10(20-13)7-19-9-1-2-9/h3-6,8-9,19H,1-2,7H2. The molecule has 1 aliphatic carbocycles. The molecule has 1 N–H and O–H groups in total. The van der Waals surface area contributed by atoms with E-state index >= 15 is 0 Å². The maximum atomic E-state index is 12.9. The highest BCUT2D eigenvalue weighted by Crippen LogP contribution is 2.37. The molecule has 3 rings (SSSR count). The van der Waals surface area contributed by atoms with Gasteiger partial charge >= 0.3 is 6.18 Å². The van der Waals surface area contributed by atoms with Crippen molar-refractivity contribution in [3.05, 3.63) is 41.9 Å². The molecule has 2 aromatic rings. The Morgan fingerprint density at radius 1 is 1.25 bits per heavy atom. The average Bonchev–Trinajstić information content (AvgIpc) is 3.12. The van der Waals surface area contributed by atoms with Gasteiger partial charge in [0.15, 0.2) is 0 Å². The lowest BCUT2D eigenvalue weighted by molar-refractivity contribution is -0.137. The monoisotopic (exact) mass is 282 g/mol. The molecular weight excluding hydrogens is 269 g/mol. The van der Waals surface area contributed by atoms with E-state index in [-0.39, 0.29) is 11.3 Å². The number of nitrogens with zero attached hydrogens (tertiary/aromatic N) is 1. The number of aromatic nitrogens is 1. The van der Waals surface area contributed by atoms with Crippen molar-refractivity contribution in [2.24, 2.45) is 0 Å². The molecule has 0 unspecified atom stereocenters. The molecule has 0 atom stereocenters. The first-order valence-electron chi connectivity index (χ1n) is 6.38. The van der Waals surface area contributed by atoms with Gasteiger partial charge in [-0.2, -0.15) is 13.2 Å². The second kappa shape index (κ2) is 4.94. The van der Waals surface area contributed by atoms with Crippen LogP contribution in [0, 0.1) is 0 Å². The summed E-state index contributed by atoms with van der Waals surface area (Å²) in [6.07, 6.45) is 0.185. The van der Waals surface area contributed by atoms with Crippen LogP contribution in [0.25, 0.3) is 11.3 Å². The van der Waals surface area contributed by atoms with Crippen LogP contribution < -0.4 is 5.32 Å². The van der Waals surface area contributed by atoms with Crippen LogP contribution in [-0.4, -0.2) is 11.0 Å². The fourth-order valence-corrected chi connectivity index (χ4v) is 1.99. The average molecular weight is 282 g/mol. The molecule has 0 aliphatic heterocycles. The van der Waals surface area contributed by atoms with Gasteiger partial charge in [0.05, 0.1) is 12.1 Å². The number of alkyl halides is 3. The van der Waals surface area contributed by atoms with E-state index in [0.717, 1.165) is 25.1 Å². The Morgan fingerprint density at radius 2 is 2.05 bits per heavy atom. The highest BCUT2D eigenvalue weighted by atomic mass is 19.4. The Labute approximate surface area is 113 Å². The first kappa shape index (κ1) is 13.2. The zero-order valence-electron chi connectivity index (χ0n) is 10.6. The summed E-state index contributed by atoms with van der Waals surface area (Å²) < 4.78 is 44.2. The lowest BCUT2D eigenvalue weighted by Crippen LogP contribution is -2.14. The van der Waals surface area contributed by atoms with Crippen molar-refractivity contribution in [3.8, 4) is 11.3 Å². The highest BCUT2D eigenvalue weighted by Gasteiger charge is 2.34. The van der Waals surface area contributed by atoms with Gasteiger partial charge in [0, 0.05) is 24.0 Å². The lowest BCUT2D eigenvalue weighted by atomic mass is 10.1. The van der Waals surface area contributed by atoms with E-state index in [2.05, 4.69) is 10.3 Å². The molecule has 2 heterocycles. The molecule has 0 saturated heterocycles. The molecule has 3 nitrogen and oxygen atoms in total. The summed E-state index contributed by atoms with van der Waals surface area (Å²) in [5.41, 5.74) is -0.763. The third kappa shape index (κ3) is 2.85. The Kier molecular flexibility index (Phi) is 3.25. The predicted molar refractivity (Wildman–Crippen MR) is 66.8 cm³/mol. The minimum Gasteiger partial charge on any atom is -0.460 e. The Bertz CT molecular complexity index is 602. The molecule has 0 radical (unpaired) electrons. The molecule has 6 heteroatoms. The van der Waals surface area contributed by atoms with Crippen molar-refractivity contribution < 1.29 is 17.6 Å². The SMILES string of the molecule is FC(F)(F)c1ccncc1-c1ccc(CNC2CC2)o1. The van der Waals surface area contributed by atoms with Crippen LogP contribution in [-0.2, 0) is 12.7 Å². The second-order valence-corrected chi connectivity index (χ2v) is 4.84. The molecule has 1 saturated carbocycles. The minimum absolute atomic E-state index is 0.0299. The van der Waals surface area contributed by atoms with Crippen LogP contribution in [0.2, 0.25) is 0 Å². The van der Waals surface area contributed by atoms with Gasteiger partial charge in [-0.3, -0.25) is 4.98 Å². The molecule has 0 amide bonds. The molecule has 0 aromatic carbocycles. The van der Waals surface area contributed by atoms with E-state index < -0.39 is 11.7 Å². The van der Waals surface area contributed by atoms with Gasteiger partial charge in [-0.25, -0.2) is 0 Å². The number of rotatable bonds is 4. The highest BCUT2D eigenvalue weighted by molar-refractivity contribution is 5.61. The third-order valence-electron chi connectivity index (χ3n) is 3.20. The molecule has 2 aromatic heterocycles. The zero-order chi connectivity index (χ0) is 14.2. The summed E-state index contributed by atoms with van der Waals surface area (Å²) >= 11 is 0. The van der Waals surface area contributed by atoms with Crippen molar-refractivity contribution >= 4 is 0 Å². The van der Waals surface area contributed by atoms with Crippen molar-refractivity contribution in [1.29, 1.82) is 0 Å². The first-order chi connectivity index (χ1) is 9.54. The first-order valence-corrected chi connectivity index (χ1v) is 6.38. The second-order valence-electron chi connectivity index (χ2n) is 4.84. The number of hydrogen-bond donors (Lipinski definition) is 1. The molecule has 20 heavy (non-hydrogen) atoms. The molecule has 1 fully saturated rings. The minimum atomic E-state index is -4.42. The van der Waals surface area contributed by atoms with Crippen LogP contribution in [0.5, 0.6) is 0 Å². The smallest absolute Gasteiger partial charge is 0.417 e. The van der Waals surface area contributed by atoms with Gasteiger partial charge in [-0.1, -0.05) is 0 Å². The normalized spacial score (nSPS) is 15.6. The number of hydrogen-bond acceptors (Lipinski definition) is 3. The van der Waals surface area contributed by atoms with Crippen molar-refractivity contribution in [2.75, 3.05) is 0 Å². The Balaban J connectivity index is 1.85. The van der Waals surface area contributed by atoms with Crippen molar-refractivity contribution in [2.45, 2.75) is 31.6 Å². The van der Waals surface area contributed by atoms with Gasteiger partial charge in [-0.05, 0) is 31.0 Å². The summed E-state index contributed by atoms with van der Waals surface area (Å²) in [5, 5.41) is 3.25. The zero-order valence-corrected chi connectivity index (χ0v) is 10.6. The van der Waals surface area contributed by atoms with E-state index in [4.69, 9.17) is 4.42 Å². The van der Waals surface area contributed by atoms with E-state index in [9.17, 15) is 13.2 Å². The van der Waals surface area contributed by atoms with Crippen LogP contribution in [0.15, 0.2) is 35.0 Å². The number of furan rings is 1. The number of pyridine rings is 1. The van der Waals surface area contributed by atoms with Crippen LogP contribution in [0.3, 0.4) is 0 Å².